The molecule has 1 aliphatic heterocycles. The molecule has 2 rings (SSSR count). The summed E-state index contributed by atoms with van der Waals surface area (Å²) in [7, 11) is 1.81. The summed E-state index contributed by atoms with van der Waals surface area (Å²) >= 11 is 0. The van der Waals surface area contributed by atoms with E-state index in [4.69, 9.17) is 0 Å². The van der Waals surface area contributed by atoms with Crippen molar-refractivity contribution in [3.8, 4) is 0 Å². The smallest absolute Gasteiger partial charge is 0.191 e. The van der Waals surface area contributed by atoms with E-state index in [0.717, 1.165) is 37.0 Å². The zero-order valence-electron chi connectivity index (χ0n) is 14.6. The van der Waals surface area contributed by atoms with Crippen LogP contribution in [0.4, 0.5) is 0 Å². The van der Waals surface area contributed by atoms with Crippen molar-refractivity contribution in [1.29, 1.82) is 0 Å². The van der Waals surface area contributed by atoms with Crippen LogP contribution in [0.2, 0.25) is 0 Å². The Labute approximate surface area is 133 Å². The van der Waals surface area contributed by atoms with Crippen molar-refractivity contribution in [2.75, 3.05) is 7.05 Å². The molecule has 0 radical (unpaired) electrons. The van der Waals surface area contributed by atoms with Crippen molar-refractivity contribution in [2.45, 2.75) is 72.5 Å². The second-order valence-electron chi connectivity index (χ2n) is 7.36. The van der Waals surface area contributed by atoms with Gasteiger partial charge in [0.15, 0.2) is 11.8 Å². The molecular formula is C16H30N6. The second kappa shape index (κ2) is 7.11. The number of nitrogens with zero attached hydrogens (tertiary/aromatic N) is 4. The molecule has 0 aromatic carbocycles. The van der Waals surface area contributed by atoms with Crippen LogP contribution in [0.3, 0.4) is 0 Å². The molecule has 6 heteroatoms. The highest BCUT2D eigenvalue weighted by Gasteiger charge is 2.17. The summed E-state index contributed by atoms with van der Waals surface area (Å²) in [6.07, 6.45) is 4.54. The molecule has 1 aromatic heterocycles. The fourth-order valence-corrected chi connectivity index (χ4v) is 2.65. The Hall–Kier alpha value is -1.59. The summed E-state index contributed by atoms with van der Waals surface area (Å²) < 4.78 is 2.21. The van der Waals surface area contributed by atoms with E-state index in [1.807, 2.05) is 0 Å². The van der Waals surface area contributed by atoms with Gasteiger partial charge in [0.25, 0.3) is 0 Å². The van der Waals surface area contributed by atoms with Gasteiger partial charge in [-0.05, 0) is 31.6 Å². The van der Waals surface area contributed by atoms with Gasteiger partial charge in [-0.3, -0.25) is 4.99 Å². The van der Waals surface area contributed by atoms with Crippen molar-refractivity contribution in [3.63, 3.8) is 0 Å². The first-order valence-corrected chi connectivity index (χ1v) is 8.27. The number of fused-ring (bicyclic) bond motifs is 1. The monoisotopic (exact) mass is 306 g/mol. The van der Waals surface area contributed by atoms with Gasteiger partial charge in [0, 0.05) is 26.1 Å². The highest BCUT2D eigenvalue weighted by molar-refractivity contribution is 5.79. The fourth-order valence-electron chi connectivity index (χ4n) is 2.65. The fraction of sp³-hybridized carbons (Fsp3) is 0.812. The molecule has 0 saturated heterocycles. The molecule has 124 valence electrons. The van der Waals surface area contributed by atoms with Crippen molar-refractivity contribution in [2.24, 2.45) is 10.4 Å². The van der Waals surface area contributed by atoms with E-state index in [2.05, 4.69) is 58.1 Å². The minimum absolute atomic E-state index is 0.370. The van der Waals surface area contributed by atoms with Crippen LogP contribution >= 0.6 is 0 Å². The van der Waals surface area contributed by atoms with Gasteiger partial charge in [0.05, 0.1) is 6.54 Å². The third kappa shape index (κ3) is 4.71. The summed E-state index contributed by atoms with van der Waals surface area (Å²) in [5.74, 6) is 2.94. The van der Waals surface area contributed by atoms with Crippen LogP contribution in [-0.4, -0.2) is 33.8 Å². The molecule has 6 nitrogen and oxygen atoms in total. The first-order chi connectivity index (χ1) is 10.4. The van der Waals surface area contributed by atoms with E-state index < -0.39 is 0 Å². The average Bonchev–Trinajstić information content (AvgIpc) is 3.04. The number of aromatic nitrogens is 3. The summed E-state index contributed by atoms with van der Waals surface area (Å²) in [4.78, 5) is 4.30. The molecular weight excluding hydrogens is 276 g/mol. The molecule has 0 amide bonds. The topological polar surface area (TPSA) is 67.1 Å². The molecule has 0 bridgehead atoms. The van der Waals surface area contributed by atoms with Crippen molar-refractivity contribution in [3.05, 3.63) is 11.6 Å². The molecule has 2 N–H and O–H groups in total. The number of aryl methyl sites for hydroxylation is 1. The Bertz CT molecular complexity index is 511. The third-order valence-corrected chi connectivity index (χ3v) is 4.03. The van der Waals surface area contributed by atoms with Crippen LogP contribution in [0.15, 0.2) is 4.99 Å². The van der Waals surface area contributed by atoms with E-state index in [1.54, 1.807) is 7.05 Å². The van der Waals surface area contributed by atoms with Gasteiger partial charge in [0.1, 0.15) is 5.82 Å². The summed E-state index contributed by atoms with van der Waals surface area (Å²) in [6, 6.07) is 0.398. The third-order valence-electron chi connectivity index (χ3n) is 4.03. The Balaban J connectivity index is 1.80. The average molecular weight is 306 g/mol. The Morgan fingerprint density at radius 3 is 2.82 bits per heavy atom. The van der Waals surface area contributed by atoms with Gasteiger partial charge < -0.3 is 15.2 Å². The van der Waals surface area contributed by atoms with Crippen molar-refractivity contribution in [1.82, 2.24) is 25.4 Å². The SMILES string of the molecule is CN=C(NCc1nnc2n1CCC2)NC(C)CCC(C)(C)C. The molecule has 1 aliphatic rings. The highest BCUT2D eigenvalue weighted by Crippen LogP contribution is 2.21. The molecule has 0 fully saturated rings. The van der Waals surface area contributed by atoms with Crippen LogP contribution < -0.4 is 10.6 Å². The zero-order valence-corrected chi connectivity index (χ0v) is 14.6. The van der Waals surface area contributed by atoms with E-state index in [1.165, 1.54) is 12.8 Å². The normalized spacial score (nSPS) is 16.5. The number of hydrogen-bond acceptors (Lipinski definition) is 3. The van der Waals surface area contributed by atoms with Gasteiger partial charge in [-0.1, -0.05) is 20.8 Å². The Morgan fingerprint density at radius 2 is 2.14 bits per heavy atom. The molecule has 0 saturated carbocycles. The maximum Gasteiger partial charge on any atom is 0.191 e. The minimum atomic E-state index is 0.370. The predicted molar refractivity (Wildman–Crippen MR) is 89.8 cm³/mol. The first-order valence-electron chi connectivity index (χ1n) is 8.27. The minimum Gasteiger partial charge on any atom is -0.354 e. The van der Waals surface area contributed by atoms with Crippen LogP contribution in [0, 0.1) is 5.41 Å². The summed E-state index contributed by atoms with van der Waals surface area (Å²) in [5.41, 5.74) is 0.370. The maximum absolute atomic E-state index is 4.30. The largest absolute Gasteiger partial charge is 0.354 e. The Kier molecular flexibility index (Phi) is 5.42. The van der Waals surface area contributed by atoms with Gasteiger partial charge in [-0.2, -0.15) is 0 Å². The number of rotatable bonds is 5. The lowest BCUT2D eigenvalue weighted by Crippen LogP contribution is -2.42. The van der Waals surface area contributed by atoms with Crippen molar-refractivity contribution < 1.29 is 0 Å². The van der Waals surface area contributed by atoms with E-state index in [9.17, 15) is 0 Å². The van der Waals surface area contributed by atoms with Gasteiger partial charge in [-0.15, -0.1) is 10.2 Å². The summed E-state index contributed by atoms with van der Waals surface area (Å²) in [6.45, 7) is 10.7. The standard InChI is InChI=1S/C16H30N6/c1-12(8-9-16(2,3)4)19-15(17-5)18-11-14-21-20-13-7-6-10-22(13)14/h12H,6-11H2,1-5H3,(H2,17,18,19). The van der Waals surface area contributed by atoms with E-state index in [0.29, 0.717) is 18.0 Å². The number of nitrogens with one attached hydrogen (secondary N) is 2. The Morgan fingerprint density at radius 1 is 1.36 bits per heavy atom. The second-order valence-corrected chi connectivity index (χ2v) is 7.36. The van der Waals surface area contributed by atoms with Gasteiger partial charge in [0.2, 0.25) is 0 Å². The quantitative estimate of drug-likeness (QED) is 0.646. The van der Waals surface area contributed by atoms with Crippen LogP contribution in [0.1, 0.15) is 58.6 Å². The van der Waals surface area contributed by atoms with Gasteiger partial charge >= 0.3 is 0 Å². The van der Waals surface area contributed by atoms with E-state index >= 15 is 0 Å². The first kappa shape index (κ1) is 16.8. The van der Waals surface area contributed by atoms with Crippen LogP contribution in [0.25, 0.3) is 0 Å². The molecule has 2 heterocycles. The highest BCUT2D eigenvalue weighted by atomic mass is 15.3. The molecule has 1 atom stereocenters. The molecule has 22 heavy (non-hydrogen) atoms. The predicted octanol–water partition coefficient (Wildman–Crippen LogP) is 2.10. The maximum atomic E-state index is 4.30. The van der Waals surface area contributed by atoms with Crippen LogP contribution in [-0.2, 0) is 19.5 Å². The number of hydrogen-bond donors (Lipinski definition) is 2. The van der Waals surface area contributed by atoms with Gasteiger partial charge in [-0.25, -0.2) is 0 Å². The molecule has 0 aliphatic carbocycles. The number of guanidine groups is 1. The molecule has 0 spiro atoms. The van der Waals surface area contributed by atoms with E-state index in [-0.39, 0.29) is 0 Å². The number of aliphatic imine (C=N–C) groups is 1. The molecule has 1 aromatic rings. The summed E-state index contributed by atoms with van der Waals surface area (Å²) in [5, 5.41) is 15.3. The van der Waals surface area contributed by atoms with Crippen molar-refractivity contribution >= 4 is 5.96 Å². The van der Waals surface area contributed by atoms with Crippen LogP contribution in [0.5, 0.6) is 0 Å². The lowest BCUT2D eigenvalue weighted by molar-refractivity contribution is 0.346. The molecule has 1 unspecified atom stereocenters. The zero-order chi connectivity index (χ0) is 16.2. The lowest BCUT2D eigenvalue weighted by Gasteiger charge is -2.23. The lowest BCUT2D eigenvalue weighted by atomic mass is 9.89.